The number of hydrogen-bond donors (Lipinski definition) is 2. The van der Waals surface area contributed by atoms with Gasteiger partial charge in [-0.2, -0.15) is 0 Å². The zero-order chi connectivity index (χ0) is 13.7. The maximum atomic E-state index is 13.4. The second-order valence-corrected chi connectivity index (χ2v) is 4.89. The quantitative estimate of drug-likeness (QED) is 0.857. The van der Waals surface area contributed by atoms with Crippen LogP contribution in [0.4, 0.5) is 4.39 Å². The molecular formula is C14H18FNO3. The summed E-state index contributed by atoms with van der Waals surface area (Å²) in [4.78, 5) is 11.4. The molecule has 104 valence electrons. The molecule has 2 rings (SSSR count). The molecule has 0 aromatic heterocycles. The van der Waals surface area contributed by atoms with E-state index in [0.29, 0.717) is 19.4 Å². The monoisotopic (exact) mass is 267 g/mol. The zero-order valence-electron chi connectivity index (χ0n) is 10.7. The fourth-order valence-corrected chi connectivity index (χ4v) is 2.39. The van der Waals surface area contributed by atoms with Gasteiger partial charge in [0.15, 0.2) is 11.6 Å². The Morgan fingerprint density at radius 3 is 2.89 bits per heavy atom. The van der Waals surface area contributed by atoms with Crippen molar-refractivity contribution >= 4 is 5.97 Å². The molecule has 0 amide bonds. The van der Waals surface area contributed by atoms with E-state index in [1.165, 1.54) is 6.07 Å². The predicted octanol–water partition coefficient (Wildman–Crippen LogP) is 2.05. The Balaban J connectivity index is 1.93. The average molecular weight is 267 g/mol. The second kappa shape index (κ2) is 6.02. The summed E-state index contributed by atoms with van der Waals surface area (Å²) in [5.74, 6) is -1.06. The van der Waals surface area contributed by atoms with E-state index in [2.05, 4.69) is 5.32 Å². The fourth-order valence-electron chi connectivity index (χ4n) is 2.39. The van der Waals surface area contributed by atoms with Crippen molar-refractivity contribution in [2.75, 3.05) is 19.7 Å². The Bertz CT molecular complexity index is 444. The summed E-state index contributed by atoms with van der Waals surface area (Å²) in [5, 5.41) is 12.5. The smallest absolute Gasteiger partial charge is 0.311 e. The number of carbonyl (C=O) groups is 1. The zero-order valence-corrected chi connectivity index (χ0v) is 10.7. The van der Waals surface area contributed by atoms with Crippen LogP contribution in [-0.2, 0) is 4.79 Å². The summed E-state index contributed by atoms with van der Waals surface area (Å²) in [6, 6.07) is 6.14. The lowest BCUT2D eigenvalue weighted by atomic mass is 9.78. The number of ether oxygens (including phenoxy) is 1. The van der Waals surface area contributed by atoms with Crippen LogP contribution in [0.25, 0.3) is 0 Å². The number of hydrogen-bond acceptors (Lipinski definition) is 3. The summed E-state index contributed by atoms with van der Waals surface area (Å²) in [7, 11) is 0. The van der Waals surface area contributed by atoms with Gasteiger partial charge in [-0.25, -0.2) is 4.39 Å². The van der Waals surface area contributed by atoms with Crippen LogP contribution in [0, 0.1) is 11.2 Å². The predicted molar refractivity (Wildman–Crippen MR) is 68.7 cm³/mol. The van der Waals surface area contributed by atoms with Gasteiger partial charge in [0.25, 0.3) is 0 Å². The normalized spacial score (nSPS) is 23.0. The first kappa shape index (κ1) is 13.8. The van der Waals surface area contributed by atoms with Crippen LogP contribution >= 0.6 is 0 Å². The van der Waals surface area contributed by atoms with Gasteiger partial charge >= 0.3 is 5.97 Å². The topological polar surface area (TPSA) is 58.6 Å². The van der Waals surface area contributed by atoms with Crippen molar-refractivity contribution in [3.8, 4) is 5.75 Å². The minimum absolute atomic E-state index is 0.173. The summed E-state index contributed by atoms with van der Waals surface area (Å²) in [6.45, 7) is 1.50. The molecule has 0 bridgehead atoms. The lowest BCUT2D eigenvalue weighted by molar-refractivity contribution is -0.151. The van der Waals surface area contributed by atoms with Crippen LogP contribution in [0.2, 0.25) is 0 Å². The van der Waals surface area contributed by atoms with Crippen molar-refractivity contribution in [3.05, 3.63) is 30.1 Å². The minimum Gasteiger partial charge on any atom is -0.490 e. The second-order valence-electron chi connectivity index (χ2n) is 4.89. The molecule has 19 heavy (non-hydrogen) atoms. The third kappa shape index (κ3) is 3.23. The molecule has 2 N–H and O–H groups in total. The van der Waals surface area contributed by atoms with E-state index in [1.54, 1.807) is 18.2 Å². The molecule has 1 unspecified atom stereocenters. The Hall–Kier alpha value is -1.62. The summed E-state index contributed by atoms with van der Waals surface area (Å²) >= 11 is 0. The highest BCUT2D eigenvalue weighted by Gasteiger charge is 2.39. The van der Waals surface area contributed by atoms with Crippen molar-refractivity contribution < 1.29 is 19.0 Å². The number of piperidine rings is 1. The van der Waals surface area contributed by atoms with Gasteiger partial charge in [-0.15, -0.1) is 0 Å². The molecule has 1 aliphatic heterocycles. The summed E-state index contributed by atoms with van der Waals surface area (Å²) in [6.07, 6.45) is 1.85. The third-order valence-electron chi connectivity index (χ3n) is 3.60. The summed E-state index contributed by atoms with van der Waals surface area (Å²) in [5.41, 5.74) is -0.788. The van der Waals surface area contributed by atoms with Crippen LogP contribution in [-0.4, -0.2) is 30.8 Å². The average Bonchev–Trinajstić information content (AvgIpc) is 2.42. The van der Waals surface area contributed by atoms with E-state index in [0.717, 1.165) is 13.0 Å². The molecule has 1 atom stereocenters. The van der Waals surface area contributed by atoms with Gasteiger partial charge in [0, 0.05) is 6.54 Å². The number of aliphatic carboxylic acids is 1. The van der Waals surface area contributed by atoms with Crippen LogP contribution < -0.4 is 10.1 Å². The Morgan fingerprint density at radius 2 is 2.26 bits per heavy atom. The van der Waals surface area contributed by atoms with Crippen LogP contribution in [0.5, 0.6) is 5.75 Å². The van der Waals surface area contributed by atoms with Gasteiger partial charge in [-0.3, -0.25) is 4.79 Å². The van der Waals surface area contributed by atoms with Gasteiger partial charge in [0.05, 0.1) is 12.0 Å². The minimum atomic E-state index is -0.808. The Kier molecular flexibility index (Phi) is 4.37. The van der Waals surface area contributed by atoms with Gasteiger partial charge < -0.3 is 15.2 Å². The molecular weight excluding hydrogens is 249 g/mol. The van der Waals surface area contributed by atoms with E-state index in [4.69, 9.17) is 4.74 Å². The Morgan fingerprint density at radius 1 is 1.47 bits per heavy atom. The molecule has 0 aliphatic carbocycles. The molecule has 0 radical (unpaired) electrons. The van der Waals surface area contributed by atoms with E-state index in [1.807, 2.05) is 0 Å². The van der Waals surface area contributed by atoms with Crippen molar-refractivity contribution in [1.29, 1.82) is 0 Å². The van der Waals surface area contributed by atoms with Gasteiger partial charge in [-0.05, 0) is 37.9 Å². The number of benzene rings is 1. The molecule has 0 spiro atoms. The molecule has 4 nitrogen and oxygen atoms in total. The number of carboxylic acids is 1. The first-order chi connectivity index (χ1) is 9.14. The summed E-state index contributed by atoms with van der Waals surface area (Å²) < 4.78 is 18.7. The van der Waals surface area contributed by atoms with Crippen molar-refractivity contribution in [1.82, 2.24) is 5.32 Å². The van der Waals surface area contributed by atoms with E-state index >= 15 is 0 Å². The highest BCUT2D eigenvalue weighted by Crippen LogP contribution is 2.31. The molecule has 1 aliphatic rings. The van der Waals surface area contributed by atoms with Crippen LogP contribution in [0.1, 0.15) is 19.3 Å². The first-order valence-electron chi connectivity index (χ1n) is 6.45. The molecule has 1 fully saturated rings. The standard InChI is InChI=1S/C14H18FNO3/c15-11-4-1-2-5-12(11)19-9-7-14(13(17)18)6-3-8-16-10-14/h1-2,4-5,16H,3,6-10H2,(H,17,18). The molecule has 0 saturated carbocycles. The fraction of sp³-hybridized carbons (Fsp3) is 0.500. The number of nitrogens with one attached hydrogen (secondary N) is 1. The molecule has 1 aromatic rings. The number of rotatable bonds is 5. The van der Waals surface area contributed by atoms with Crippen molar-refractivity contribution in [2.24, 2.45) is 5.41 Å². The van der Waals surface area contributed by atoms with E-state index in [-0.39, 0.29) is 12.4 Å². The molecule has 1 heterocycles. The SMILES string of the molecule is O=C(O)C1(CCOc2ccccc2F)CCCNC1. The third-order valence-corrected chi connectivity index (χ3v) is 3.60. The first-order valence-corrected chi connectivity index (χ1v) is 6.45. The van der Waals surface area contributed by atoms with Crippen molar-refractivity contribution in [3.63, 3.8) is 0 Å². The van der Waals surface area contributed by atoms with E-state index < -0.39 is 17.2 Å². The van der Waals surface area contributed by atoms with Gasteiger partial charge in [0.2, 0.25) is 0 Å². The maximum Gasteiger partial charge on any atom is 0.311 e. The number of halogens is 1. The molecule has 5 heteroatoms. The highest BCUT2D eigenvalue weighted by molar-refractivity contribution is 5.75. The highest BCUT2D eigenvalue weighted by atomic mass is 19.1. The van der Waals surface area contributed by atoms with Gasteiger partial charge in [-0.1, -0.05) is 12.1 Å². The van der Waals surface area contributed by atoms with Crippen LogP contribution in [0.15, 0.2) is 24.3 Å². The van der Waals surface area contributed by atoms with Crippen LogP contribution in [0.3, 0.4) is 0 Å². The molecule has 1 aromatic carbocycles. The lowest BCUT2D eigenvalue weighted by Gasteiger charge is -2.33. The lowest BCUT2D eigenvalue weighted by Crippen LogP contribution is -2.46. The van der Waals surface area contributed by atoms with Crippen molar-refractivity contribution in [2.45, 2.75) is 19.3 Å². The molecule has 1 saturated heterocycles. The largest absolute Gasteiger partial charge is 0.490 e. The number of para-hydroxylation sites is 1. The Labute approximate surface area is 111 Å². The maximum absolute atomic E-state index is 13.4. The van der Waals surface area contributed by atoms with Gasteiger partial charge in [0.1, 0.15) is 0 Å². The number of carboxylic acid groups (broad SMARTS) is 1. The van der Waals surface area contributed by atoms with E-state index in [9.17, 15) is 14.3 Å².